The van der Waals surface area contributed by atoms with Gasteiger partial charge in [0, 0.05) is 35.6 Å². The van der Waals surface area contributed by atoms with Gasteiger partial charge in [-0.1, -0.05) is 37.3 Å². The smallest absolute Gasteiger partial charge is 0.287 e. The van der Waals surface area contributed by atoms with E-state index in [1.54, 1.807) is 0 Å². The maximum atomic E-state index is 15.1. The number of amides is 5. The van der Waals surface area contributed by atoms with Gasteiger partial charge in [-0.25, -0.2) is 4.68 Å². The molecule has 1 aromatic carbocycles. The van der Waals surface area contributed by atoms with Crippen molar-refractivity contribution in [3.05, 3.63) is 46.8 Å². The van der Waals surface area contributed by atoms with Crippen LogP contribution in [0.15, 0.2) is 24.4 Å². The molecule has 1 aliphatic carbocycles. The number of carbonyl (C=O) groups is 6. The third-order valence-electron chi connectivity index (χ3n) is 10.7. The van der Waals surface area contributed by atoms with E-state index in [0.29, 0.717) is 5.69 Å². The first kappa shape index (κ1) is 38.8. The van der Waals surface area contributed by atoms with E-state index >= 15 is 4.79 Å². The monoisotopic (exact) mass is 744 g/mol. The highest BCUT2D eigenvalue weighted by Crippen LogP contribution is 2.47. The summed E-state index contributed by atoms with van der Waals surface area (Å²) >= 11 is 0. The zero-order valence-corrected chi connectivity index (χ0v) is 30.1. The van der Waals surface area contributed by atoms with Crippen LogP contribution in [0.25, 0.3) is 0 Å². The molecular weight excluding hydrogens is 696 g/mol. The van der Waals surface area contributed by atoms with Crippen molar-refractivity contribution in [3.8, 4) is 0 Å². The number of nitrogens with two attached hydrogens (primary N) is 3. The highest BCUT2D eigenvalue weighted by Gasteiger charge is 2.51. The second-order valence-electron chi connectivity index (χ2n) is 14.8. The Bertz CT molecular complexity index is 1740. The van der Waals surface area contributed by atoms with Crippen LogP contribution < -0.4 is 22.5 Å². The summed E-state index contributed by atoms with van der Waals surface area (Å²) in [7, 11) is -3.06. The molecule has 5 rings (SSSR count). The molecule has 2 aromatic rings. The molecule has 3 fully saturated rings. The SMILES string of the molecule is CC(C)(O)c1cnnn1[C@H]1C[C@@H](C(=O)NC2(C(=O)C(N)=O)CCS(O)(O)CC2)N(C(=O)[C@H](CC2CCCCC2)c2cc(C(N)=O)ccc2C(N)=O)C1. The molecule has 0 bridgehead atoms. The number of primary amides is 3. The lowest BCUT2D eigenvalue weighted by atomic mass is 9.78. The highest BCUT2D eigenvalue weighted by atomic mass is 32.3. The van der Waals surface area contributed by atoms with E-state index in [2.05, 4.69) is 15.6 Å². The topological polar surface area (TPSA) is 287 Å². The van der Waals surface area contributed by atoms with Crippen molar-refractivity contribution < 1.29 is 43.0 Å². The molecule has 0 unspecified atom stereocenters. The summed E-state index contributed by atoms with van der Waals surface area (Å²) in [5.74, 6) is -6.87. The molecule has 10 N–H and O–H groups in total. The molecule has 1 aromatic heterocycles. The Labute approximate surface area is 302 Å². The summed E-state index contributed by atoms with van der Waals surface area (Å²) in [6.45, 7) is 2.96. The predicted molar refractivity (Wildman–Crippen MR) is 189 cm³/mol. The Morgan fingerprint density at radius 2 is 1.67 bits per heavy atom. The summed E-state index contributed by atoms with van der Waals surface area (Å²) in [6, 6.07) is 2.12. The van der Waals surface area contributed by atoms with Gasteiger partial charge in [0.25, 0.3) is 5.91 Å². The van der Waals surface area contributed by atoms with E-state index in [9.17, 15) is 38.2 Å². The maximum absolute atomic E-state index is 15.1. The van der Waals surface area contributed by atoms with Gasteiger partial charge in [0.15, 0.2) is 0 Å². The van der Waals surface area contributed by atoms with Crippen LogP contribution in [-0.4, -0.2) is 99.1 Å². The van der Waals surface area contributed by atoms with Crippen LogP contribution in [0.4, 0.5) is 0 Å². The Morgan fingerprint density at radius 1 is 1.02 bits per heavy atom. The third kappa shape index (κ3) is 8.14. The van der Waals surface area contributed by atoms with Crippen LogP contribution in [0.5, 0.6) is 0 Å². The average Bonchev–Trinajstić information content (AvgIpc) is 3.76. The molecule has 2 aliphatic heterocycles. The molecular formula is C34H48N8O9S. The quantitative estimate of drug-likeness (QED) is 0.151. The number of aliphatic hydroxyl groups is 1. The van der Waals surface area contributed by atoms with Gasteiger partial charge in [-0.05, 0) is 62.8 Å². The molecule has 17 nitrogen and oxygen atoms in total. The van der Waals surface area contributed by atoms with Crippen LogP contribution >= 0.6 is 10.6 Å². The lowest BCUT2D eigenvalue weighted by Crippen LogP contribution is -2.63. The number of hydrogen-bond acceptors (Lipinski definition) is 11. The molecule has 1 saturated carbocycles. The number of benzene rings is 1. The van der Waals surface area contributed by atoms with Crippen LogP contribution in [0.2, 0.25) is 0 Å². The van der Waals surface area contributed by atoms with Gasteiger partial charge in [-0.3, -0.25) is 37.9 Å². The minimum atomic E-state index is -3.06. The third-order valence-corrected chi connectivity index (χ3v) is 12.4. The Morgan fingerprint density at radius 3 is 2.25 bits per heavy atom. The number of nitrogens with zero attached hydrogens (tertiary/aromatic N) is 4. The molecule has 3 aliphatic rings. The van der Waals surface area contributed by atoms with Gasteiger partial charge >= 0.3 is 0 Å². The van der Waals surface area contributed by atoms with Crippen molar-refractivity contribution in [3.63, 3.8) is 0 Å². The minimum Gasteiger partial charge on any atom is -0.384 e. The van der Waals surface area contributed by atoms with Gasteiger partial charge in [0.1, 0.15) is 17.2 Å². The molecule has 18 heteroatoms. The van der Waals surface area contributed by atoms with Crippen LogP contribution in [0, 0.1) is 5.92 Å². The summed E-state index contributed by atoms with van der Waals surface area (Å²) < 4.78 is 22.0. The van der Waals surface area contributed by atoms with Crippen molar-refractivity contribution in [2.24, 2.45) is 23.1 Å². The van der Waals surface area contributed by atoms with E-state index in [0.717, 1.165) is 32.1 Å². The molecule has 3 atom stereocenters. The number of Topliss-reactive ketones (excluding diaryl/α,β-unsaturated/α-hetero) is 1. The molecule has 52 heavy (non-hydrogen) atoms. The van der Waals surface area contributed by atoms with Crippen molar-refractivity contribution >= 4 is 45.9 Å². The molecule has 2 saturated heterocycles. The number of aromatic nitrogens is 3. The Balaban J connectivity index is 1.60. The maximum Gasteiger partial charge on any atom is 0.287 e. The van der Waals surface area contributed by atoms with Crippen LogP contribution in [0.1, 0.15) is 116 Å². The van der Waals surface area contributed by atoms with Crippen LogP contribution in [-0.2, 0) is 24.8 Å². The summed E-state index contributed by atoms with van der Waals surface area (Å²) in [4.78, 5) is 81.3. The molecule has 0 radical (unpaired) electrons. The van der Waals surface area contributed by atoms with Crippen LogP contribution in [0.3, 0.4) is 0 Å². The van der Waals surface area contributed by atoms with Gasteiger partial charge in [-0.2, -0.15) is 10.6 Å². The standard InChI is InChI=1S/C34H48N8O9S/c1-33(2,49)26-17-38-40-42(26)21-16-25(31(47)39-34(27(43)30(37)46)10-12-52(50,51)13-11-34)41(18-21)32(48)24(14-19-6-4-3-5-7-19)23-15-20(28(35)44)8-9-22(23)29(36)45/h8-9,15,17,19,21,24-25,49-51H,3-7,10-14,16,18H2,1-2H3,(H2,35,44)(H2,36,45)(H2,37,46)(H,39,47)/t21-,24+,25-/m0/s1. The zero-order chi connectivity index (χ0) is 38.2. The fraction of sp³-hybridized carbons (Fsp3) is 0.588. The number of rotatable bonds is 12. The van der Waals surface area contributed by atoms with Gasteiger partial charge in [0.05, 0.1) is 23.9 Å². The van der Waals surface area contributed by atoms with E-state index in [4.69, 9.17) is 17.2 Å². The number of likely N-dealkylation sites (tertiary alicyclic amines) is 1. The van der Waals surface area contributed by atoms with E-state index in [1.165, 1.54) is 47.8 Å². The Hall–Kier alpha value is -4.39. The average molecular weight is 745 g/mol. The summed E-state index contributed by atoms with van der Waals surface area (Å²) in [6.07, 6.45) is 5.62. The molecule has 0 spiro atoms. The molecule has 5 amide bonds. The second-order valence-corrected chi connectivity index (χ2v) is 17.2. The molecule has 284 valence electrons. The lowest BCUT2D eigenvalue weighted by molar-refractivity contribution is -0.145. The second kappa shape index (κ2) is 14.9. The summed E-state index contributed by atoms with van der Waals surface area (Å²) in [5.41, 5.74) is 14.1. The zero-order valence-electron chi connectivity index (χ0n) is 29.3. The number of hydrogen-bond donors (Lipinski definition) is 7. The van der Waals surface area contributed by atoms with E-state index < -0.39 is 75.1 Å². The fourth-order valence-corrected chi connectivity index (χ4v) is 9.40. The largest absolute Gasteiger partial charge is 0.384 e. The van der Waals surface area contributed by atoms with Gasteiger partial charge < -0.3 is 32.5 Å². The van der Waals surface area contributed by atoms with Gasteiger partial charge in [-0.15, -0.1) is 5.10 Å². The van der Waals surface area contributed by atoms with Gasteiger partial charge in [0.2, 0.25) is 29.4 Å². The lowest BCUT2D eigenvalue weighted by Gasteiger charge is -2.45. The predicted octanol–water partition coefficient (Wildman–Crippen LogP) is 1.05. The molecule has 3 heterocycles. The highest BCUT2D eigenvalue weighted by molar-refractivity contribution is 8.24. The number of nitrogens with one attached hydrogen (secondary N) is 1. The Kier molecular flexibility index (Phi) is 11.1. The van der Waals surface area contributed by atoms with Crippen molar-refractivity contribution in [1.82, 2.24) is 25.2 Å². The first-order valence-corrected chi connectivity index (χ1v) is 19.3. The minimum absolute atomic E-state index is 0.0173. The van der Waals surface area contributed by atoms with E-state index in [-0.39, 0.29) is 66.3 Å². The van der Waals surface area contributed by atoms with E-state index in [1.807, 2.05) is 0 Å². The first-order chi connectivity index (χ1) is 24.3. The summed E-state index contributed by atoms with van der Waals surface area (Å²) in [5, 5.41) is 21.7. The van der Waals surface area contributed by atoms with Crippen molar-refractivity contribution in [1.29, 1.82) is 0 Å². The number of carbonyl (C=O) groups excluding carboxylic acids is 6. The van der Waals surface area contributed by atoms with Crippen molar-refractivity contribution in [2.45, 2.75) is 101 Å². The normalized spacial score (nSPS) is 23.0. The van der Waals surface area contributed by atoms with Crippen molar-refractivity contribution in [2.75, 3.05) is 18.1 Å². The fourth-order valence-electron chi connectivity index (χ4n) is 7.85. The number of ketones is 1. The first-order valence-electron chi connectivity index (χ1n) is 17.4.